The molecule has 10 heavy (non-hydrogen) atoms. The molecule has 0 aromatic carbocycles. The zero-order valence-corrected chi connectivity index (χ0v) is 10.3. The smallest absolute Gasteiger partial charge is 0.00642 e. The van der Waals surface area contributed by atoms with Gasteiger partial charge in [0.1, 0.15) is 0 Å². The number of carbonyl (C=O) groups excluding carboxylic acids is 1. The molecule has 0 aliphatic heterocycles. The molecule has 0 fully saturated rings. The van der Waals surface area contributed by atoms with Crippen LogP contribution in [0.2, 0.25) is 0 Å². The molecular weight excluding hydrogens is 201 g/mol. The maximum atomic E-state index is 11.1. The molecule has 0 aromatic heterocycles. The van der Waals surface area contributed by atoms with Gasteiger partial charge < -0.3 is 10.7 Å². The van der Waals surface area contributed by atoms with E-state index in [0.29, 0.717) is 0 Å². The van der Waals surface area contributed by atoms with Gasteiger partial charge in [-0.2, -0.15) is 13.8 Å². The van der Waals surface area contributed by atoms with Crippen LogP contribution in [0.25, 0.3) is 0 Å². The molecule has 0 heterocycles. The largest absolute Gasteiger partial charge is 0.334 e. The van der Waals surface area contributed by atoms with Crippen LogP contribution in [-0.2, 0) is 37.5 Å². The second-order valence-electron chi connectivity index (χ2n) is 3.58. The van der Waals surface area contributed by atoms with Crippen molar-refractivity contribution in [3.05, 3.63) is 5.92 Å². The summed E-state index contributed by atoms with van der Waals surface area (Å²) in [6.07, 6.45) is 0. The van der Waals surface area contributed by atoms with Crippen LogP contribution in [0, 0.1) is 11.3 Å². The summed E-state index contributed by atoms with van der Waals surface area (Å²) in [6, 6.07) is 0. The molecule has 0 saturated carbocycles. The van der Waals surface area contributed by atoms with Gasteiger partial charge in [0.15, 0.2) is 0 Å². The van der Waals surface area contributed by atoms with E-state index >= 15 is 0 Å². The fraction of sp³-hybridized carbons (Fsp3) is 0.750. The first-order valence-electron chi connectivity index (χ1n) is 3.20. The number of rotatable bonds is 1. The molecule has 57 valence electrons. The first-order valence-corrected chi connectivity index (χ1v) is 3.20. The molecule has 0 aromatic rings. The zero-order valence-electron chi connectivity index (χ0n) is 7.49. The quantitative estimate of drug-likeness (QED) is 0.614. The molecule has 0 atom stereocenters. The molecule has 0 rings (SSSR count). The Kier molecular flexibility index (Phi) is 5.97. The van der Waals surface area contributed by atoms with E-state index in [1.807, 2.05) is 34.6 Å². The van der Waals surface area contributed by atoms with Crippen molar-refractivity contribution >= 4 is 5.78 Å². The predicted molar refractivity (Wildman–Crippen MR) is 39.1 cm³/mol. The Morgan fingerprint density at radius 1 is 1.20 bits per heavy atom. The van der Waals surface area contributed by atoms with E-state index in [9.17, 15) is 4.79 Å². The van der Waals surface area contributed by atoms with Crippen molar-refractivity contribution in [1.29, 1.82) is 0 Å². The monoisotopic (exact) mass is 216 g/mol. The Hall–Kier alpha value is 0.644. The van der Waals surface area contributed by atoms with E-state index in [-0.39, 0.29) is 43.9 Å². The average molecular weight is 216 g/mol. The molecule has 0 bridgehead atoms. The summed E-state index contributed by atoms with van der Waals surface area (Å²) in [7, 11) is 0. The number of carbonyl (C=O) groups is 1. The van der Waals surface area contributed by atoms with E-state index in [4.69, 9.17) is 0 Å². The van der Waals surface area contributed by atoms with Crippen molar-refractivity contribution < 1.29 is 37.5 Å². The fourth-order valence-electron chi connectivity index (χ4n) is 0.750. The van der Waals surface area contributed by atoms with Crippen LogP contribution < -0.4 is 0 Å². The Balaban J connectivity index is 0. The summed E-state index contributed by atoms with van der Waals surface area (Å²) in [4.78, 5) is 11.1. The third-order valence-corrected chi connectivity index (χ3v) is 1.14. The maximum absolute atomic E-state index is 11.1. The van der Waals surface area contributed by atoms with E-state index < -0.39 is 0 Å². The zero-order chi connectivity index (χ0) is 7.65. The van der Waals surface area contributed by atoms with Crippen molar-refractivity contribution in [2.24, 2.45) is 5.41 Å². The minimum Gasteiger partial charge on any atom is -0.334 e. The molecule has 1 radical (unpaired) electrons. The van der Waals surface area contributed by atoms with E-state index in [1.54, 1.807) is 0 Å². The van der Waals surface area contributed by atoms with E-state index in [0.717, 1.165) is 5.92 Å². The maximum Gasteiger partial charge on any atom is 0.00642 e. The molecule has 1 nitrogen and oxygen atoms in total. The van der Waals surface area contributed by atoms with Gasteiger partial charge >= 0.3 is 0 Å². The van der Waals surface area contributed by atoms with Gasteiger partial charge in [-0.15, -0.1) is 0 Å². The number of hydrogen-bond donors (Lipinski definition) is 0. The van der Waals surface area contributed by atoms with Gasteiger partial charge in [0.2, 0.25) is 0 Å². The predicted octanol–water partition coefficient (Wildman–Crippen LogP) is 2.21. The van der Waals surface area contributed by atoms with Gasteiger partial charge in [-0.3, -0.25) is 0 Å². The van der Waals surface area contributed by atoms with Crippen molar-refractivity contribution in [3.8, 4) is 0 Å². The Morgan fingerprint density at radius 3 is 1.50 bits per heavy atom. The van der Waals surface area contributed by atoms with Crippen LogP contribution >= 0.6 is 0 Å². The SMILES string of the molecule is C[C-](C)C(=O)C(C)(C)C.[Y]. The standard InChI is InChI=1S/C8H15O.Y/c1-6(2)7(9)8(3,4)5;/h1-5H3;/q-1;. The molecule has 0 N–H and O–H groups in total. The summed E-state index contributed by atoms with van der Waals surface area (Å²) < 4.78 is 0. The van der Waals surface area contributed by atoms with Crippen molar-refractivity contribution in [2.75, 3.05) is 0 Å². The molecule has 0 saturated heterocycles. The van der Waals surface area contributed by atoms with Crippen LogP contribution in [0.1, 0.15) is 34.6 Å². The molecule has 0 amide bonds. The van der Waals surface area contributed by atoms with E-state index in [2.05, 4.69) is 0 Å². The van der Waals surface area contributed by atoms with Crippen LogP contribution in [0.15, 0.2) is 0 Å². The molecule has 0 aliphatic rings. The second-order valence-corrected chi connectivity index (χ2v) is 3.58. The number of Topliss-reactive ketones (excluding diaryl/α,β-unsaturated/α-hetero) is 1. The van der Waals surface area contributed by atoms with Gasteiger partial charge in [-0.1, -0.05) is 20.8 Å². The first kappa shape index (κ1) is 13.2. The molecule has 0 aliphatic carbocycles. The summed E-state index contributed by atoms with van der Waals surface area (Å²) in [5, 5.41) is 0. The summed E-state index contributed by atoms with van der Waals surface area (Å²) >= 11 is 0. The third-order valence-electron chi connectivity index (χ3n) is 1.14. The van der Waals surface area contributed by atoms with Crippen LogP contribution in [0.4, 0.5) is 0 Å². The minimum absolute atomic E-state index is 0. The van der Waals surface area contributed by atoms with Crippen LogP contribution in [0.3, 0.4) is 0 Å². The first-order chi connectivity index (χ1) is 3.85. The van der Waals surface area contributed by atoms with Crippen molar-refractivity contribution in [3.63, 3.8) is 0 Å². The second kappa shape index (κ2) is 4.51. The molecule has 0 spiro atoms. The number of hydrogen-bond acceptors (Lipinski definition) is 1. The summed E-state index contributed by atoms with van der Waals surface area (Å²) in [6.45, 7) is 9.51. The average Bonchev–Trinajstić information content (AvgIpc) is 1.62. The van der Waals surface area contributed by atoms with E-state index in [1.165, 1.54) is 0 Å². The molecule has 2 heteroatoms. The molecule has 0 unspecified atom stereocenters. The Labute approximate surface area is 88.8 Å². The minimum atomic E-state index is -0.196. The Bertz CT molecular complexity index is 111. The van der Waals surface area contributed by atoms with Gasteiger partial charge in [0, 0.05) is 38.5 Å². The van der Waals surface area contributed by atoms with Gasteiger partial charge in [0.25, 0.3) is 0 Å². The Morgan fingerprint density at radius 2 is 1.50 bits per heavy atom. The van der Waals surface area contributed by atoms with Gasteiger partial charge in [-0.05, 0) is 5.41 Å². The fourth-order valence-corrected chi connectivity index (χ4v) is 0.750. The van der Waals surface area contributed by atoms with Gasteiger partial charge in [-0.25, -0.2) is 0 Å². The van der Waals surface area contributed by atoms with Crippen LogP contribution in [-0.4, -0.2) is 5.78 Å². The molecular formula is C8H15OY-. The van der Waals surface area contributed by atoms with Crippen LogP contribution in [0.5, 0.6) is 0 Å². The summed E-state index contributed by atoms with van der Waals surface area (Å²) in [5.41, 5.74) is -0.196. The van der Waals surface area contributed by atoms with Gasteiger partial charge in [0.05, 0.1) is 0 Å². The van der Waals surface area contributed by atoms with Crippen molar-refractivity contribution in [1.82, 2.24) is 0 Å². The topological polar surface area (TPSA) is 17.1 Å². The third kappa shape index (κ3) is 4.46. The summed E-state index contributed by atoms with van der Waals surface area (Å²) in [5.74, 6) is 1.14. The van der Waals surface area contributed by atoms with Crippen molar-refractivity contribution in [2.45, 2.75) is 34.6 Å². The normalized spacial score (nSPS) is 10.1. The number of ketones is 1.